The Labute approximate surface area is 159 Å². The highest BCUT2D eigenvalue weighted by atomic mass is 19.4. The van der Waals surface area contributed by atoms with Crippen LogP contribution in [-0.4, -0.2) is 0 Å². The van der Waals surface area contributed by atoms with Crippen LogP contribution in [0.4, 0.5) is 13.2 Å². The molecule has 0 N–H and O–H groups in total. The molecule has 0 spiro atoms. The summed E-state index contributed by atoms with van der Waals surface area (Å²) in [4.78, 5) is 0. The van der Waals surface area contributed by atoms with Crippen LogP contribution in [0.5, 0.6) is 0 Å². The molecule has 0 aliphatic heterocycles. The lowest BCUT2D eigenvalue weighted by molar-refractivity contribution is -0.137. The summed E-state index contributed by atoms with van der Waals surface area (Å²) in [6.07, 6.45) is -4.32. The van der Waals surface area contributed by atoms with Crippen LogP contribution >= 0.6 is 0 Å². The van der Waals surface area contributed by atoms with Crippen LogP contribution in [0.1, 0.15) is 5.56 Å². The molecule has 5 rings (SSSR count). The molecule has 0 saturated carbocycles. The van der Waals surface area contributed by atoms with E-state index >= 15 is 0 Å². The summed E-state index contributed by atoms with van der Waals surface area (Å²) in [7, 11) is 0. The Kier molecular flexibility index (Phi) is 3.66. The molecular formula is C25H15F3. The van der Waals surface area contributed by atoms with Crippen molar-refractivity contribution in [1.29, 1.82) is 0 Å². The largest absolute Gasteiger partial charge is 0.416 e. The van der Waals surface area contributed by atoms with E-state index in [1.165, 1.54) is 28.3 Å². The number of benzene rings is 5. The van der Waals surface area contributed by atoms with Crippen LogP contribution in [0.15, 0.2) is 91.0 Å². The summed E-state index contributed by atoms with van der Waals surface area (Å²) in [5, 5.41) is 6.94. The molecule has 5 aromatic carbocycles. The molecule has 0 atom stereocenters. The Morgan fingerprint density at radius 1 is 0.429 bits per heavy atom. The second-order valence-electron chi connectivity index (χ2n) is 6.93. The van der Waals surface area contributed by atoms with Crippen molar-refractivity contribution in [2.45, 2.75) is 6.18 Å². The molecule has 136 valence electrons. The molecule has 0 bridgehead atoms. The smallest absolute Gasteiger partial charge is 0.166 e. The Bertz CT molecular complexity index is 1290. The van der Waals surface area contributed by atoms with E-state index in [4.69, 9.17) is 0 Å². The quantitative estimate of drug-likeness (QED) is 0.263. The van der Waals surface area contributed by atoms with Crippen LogP contribution in [-0.2, 0) is 6.18 Å². The second-order valence-corrected chi connectivity index (χ2v) is 6.93. The molecule has 0 heterocycles. The van der Waals surface area contributed by atoms with E-state index < -0.39 is 11.7 Å². The molecule has 3 heteroatoms. The van der Waals surface area contributed by atoms with Gasteiger partial charge in [-0.1, -0.05) is 72.8 Å². The predicted molar refractivity (Wildman–Crippen MR) is 109 cm³/mol. The molecule has 28 heavy (non-hydrogen) atoms. The van der Waals surface area contributed by atoms with Gasteiger partial charge in [-0.3, -0.25) is 0 Å². The third-order valence-electron chi connectivity index (χ3n) is 5.29. The molecule has 0 radical (unpaired) electrons. The highest BCUT2D eigenvalue weighted by Crippen LogP contribution is 2.37. The molecule has 5 aromatic rings. The lowest BCUT2D eigenvalue weighted by atomic mass is 9.92. The number of hydrogen-bond acceptors (Lipinski definition) is 0. The van der Waals surface area contributed by atoms with E-state index in [0.29, 0.717) is 0 Å². The van der Waals surface area contributed by atoms with Crippen molar-refractivity contribution in [2.75, 3.05) is 0 Å². The summed E-state index contributed by atoms with van der Waals surface area (Å²) >= 11 is 0. The van der Waals surface area contributed by atoms with Gasteiger partial charge in [-0.15, -0.1) is 0 Å². The normalized spacial score (nSPS) is 12.1. The minimum absolute atomic E-state index is 0.631. The van der Waals surface area contributed by atoms with E-state index in [2.05, 4.69) is 36.4 Å². The summed E-state index contributed by atoms with van der Waals surface area (Å²) in [6.45, 7) is 0. The molecule has 0 aliphatic carbocycles. The summed E-state index contributed by atoms with van der Waals surface area (Å²) in [6, 6.07) is 28.0. The molecule has 0 amide bonds. The summed E-state index contributed by atoms with van der Waals surface area (Å²) in [5.41, 5.74) is 1.04. The van der Waals surface area contributed by atoms with Gasteiger partial charge in [-0.25, -0.2) is 0 Å². The molecule has 0 aliphatic rings. The van der Waals surface area contributed by atoms with Gasteiger partial charge in [0.1, 0.15) is 0 Å². The number of rotatable bonds is 1. The van der Waals surface area contributed by atoms with Crippen molar-refractivity contribution in [2.24, 2.45) is 0 Å². The van der Waals surface area contributed by atoms with Gasteiger partial charge in [0.2, 0.25) is 0 Å². The Morgan fingerprint density at radius 2 is 0.857 bits per heavy atom. The van der Waals surface area contributed by atoms with E-state index in [-0.39, 0.29) is 0 Å². The Hall–Kier alpha value is -3.33. The second kappa shape index (κ2) is 6.10. The SMILES string of the molecule is FC(F)(F)c1ccc(-c2ccc3c4ccccc4c4ccccc4c3c2)cc1. The third kappa shape index (κ3) is 2.63. The zero-order valence-electron chi connectivity index (χ0n) is 14.8. The van der Waals surface area contributed by atoms with Gasteiger partial charge in [0.25, 0.3) is 0 Å². The predicted octanol–water partition coefficient (Wildman–Crippen LogP) is 7.83. The number of alkyl halides is 3. The molecule has 0 unspecified atom stereocenters. The first-order chi connectivity index (χ1) is 13.5. The van der Waals surface area contributed by atoms with Crippen LogP contribution < -0.4 is 0 Å². The standard InChI is InChI=1S/C25H15F3/c26-25(27,28)18-12-9-16(10-13-18)17-11-14-23-21-7-2-1-5-19(21)20-6-3-4-8-22(20)24(23)15-17/h1-15H. The van der Waals surface area contributed by atoms with Gasteiger partial charge in [0, 0.05) is 0 Å². The van der Waals surface area contributed by atoms with Crippen LogP contribution in [0.3, 0.4) is 0 Å². The maximum Gasteiger partial charge on any atom is 0.416 e. The fourth-order valence-electron chi connectivity index (χ4n) is 3.94. The van der Waals surface area contributed by atoms with Gasteiger partial charge < -0.3 is 0 Å². The van der Waals surface area contributed by atoms with Gasteiger partial charge in [0.05, 0.1) is 5.56 Å². The zero-order valence-corrected chi connectivity index (χ0v) is 14.8. The van der Waals surface area contributed by atoms with Crippen molar-refractivity contribution < 1.29 is 13.2 Å². The van der Waals surface area contributed by atoms with E-state index in [1.54, 1.807) is 0 Å². The lowest BCUT2D eigenvalue weighted by Crippen LogP contribution is -2.03. The Morgan fingerprint density at radius 3 is 1.36 bits per heavy atom. The van der Waals surface area contributed by atoms with E-state index in [9.17, 15) is 13.2 Å². The fraction of sp³-hybridized carbons (Fsp3) is 0.0400. The first kappa shape index (κ1) is 16.8. The minimum atomic E-state index is -4.32. The van der Waals surface area contributed by atoms with Crippen molar-refractivity contribution in [3.8, 4) is 11.1 Å². The summed E-state index contributed by atoms with van der Waals surface area (Å²) < 4.78 is 38.6. The van der Waals surface area contributed by atoms with Gasteiger partial charge in [-0.2, -0.15) is 13.2 Å². The van der Waals surface area contributed by atoms with Gasteiger partial charge in [-0.05, 0) is 61.6 Å². The first-order valence-electron chi connectivity index (χ1n) is 9.03. The monoisotopic (exact) mass is 372 g/mol. The summed E-state index contributed by atoms with van der Waals surface area (Å²) in [5.74, 6) is 0. The highest BCUT2D eigenvalue weighted by molar-refractivity contribution is 6.25. The maximum atomic E-state index is 12.9. The van der Waals surface area contributed by atoms with Gasteiger partial charge in [0.15, 0.2) is 0 Å². The molecule has 0 fully saturated rings. The van der Waals surface area contributed by atoms with Crippen LogP contribution in [0.25, 0.3) is 43.4 Å². The highest BCUT2D eigenvalue weighted by Gasteiger charge is 2.29. The van der Waals surface area contributed by atoms with Gasteiger partial charge >= 0.3 is 6.18 Å². The Balaban J connectivity index is 1.78. The van der Waals surface area contributed by atoms with Crippen molar-refractivity contribution in [3.05, 3.63) is 96.6 Å². The topological polar surface area (TPSA) is 0 Å². The number of fused-ring (bicyclic) bond motifs is 6. The minimum Gasteiger partial charge on any atom is -0.166 e. The molecule has 0 saturated heterocycles. The molecule has 0 aromatic heterocycles. The molecule has 0 nitrogen and oxygen atoms in total. The average molecular weight is 372 g/mol. The zero-order chi connectivity index (χ0) is 19.3. The van der Waals surface area contributed by atoms with Crippen LogP contribution in [0.2, 0.25) is 0 Å². The first-order valence-corrected chi connectivity index (χ1v) is 9.03. The van der Waals surface area contributed by atoms with Crippen molar-refractivity contribution >= 4 is 32.3 Å². The van der Waals surface area contributed by atoms with E-state index in [1.807, 2.05) is 30.3 Å². The van der Waals surface area contributed by atoms with E-state index in [0.717, 1.165) is 39.4 Å². The number of halogens is 3. The molecular weight excluding hydrogens is 357 g/mol. The van der Waals surface area contributed by atoms with Crippen molar-refractivity contribution in [1.82, 2.24) is 0 Å². The van der Waals surface area contributed by atoms with Crippen LogP contribution in [0, 0.1) is 0 Å². The fourth-order valence-corrected chi connectivity index (χ4v) is 3.94. The average Bonchev–Trinajstić information content (AvgIpc) is 2.73. The number of hydrogen-bond donors (Lipinski definition) is 0. The lowest BCUT2D eigenvalue weighted by Gasteiger charge is -2.12. The third-order valence-corrected chi connectivity index (χ3v) is 5.29. The van der Waals surface area contributed by atoms with Crippen molar-refractivity contribution in [3.63, 3.8) is 0 Å². The maximum absolute atomic E-state index is 12.9.